The number of allylic oxidation sites excluding steroid dienone is 1. The van der Waals surface area contributed by atoms with Crippen LogP contribution in [0.15, 0.2) is 43.0 Å². The van der Waals surface area contributed by atoms with Crippen molar-refractivity contribution in [2.24, 2.45) is 0 Å². The predicted molar refractivity (Wildman–Crippen MR) is 172 cm³/mol. The minimum Gasteiger partial charge on any atom is -0.496 e. The molecule has 9 heteroatoms. The van der Waals surface area contributed by atoms with E-state index in [2.05, 4.69) is 17.5 Å². The van der Waals surface area contributed by atoms with Crippen LogP contribution in [0.1, 0.15) is 58.4 Å². The van der Waals surface area contributed by atoms with Gasteiger partial charge in [0.15, 0.2) is 0 Å². The van der Waals surface area contributed by atoms with Crippen LogP contribution >= 0.6 is 11.6 Å². The zero-order valence-corrected chi connectivity index (χ0v) is 26.7. The zero-order valence-electron chi connectivity index (χ0n) is 25.9. The lowest BCUT2D eigenvalue weighted by Crippen LogP contribution is -2.56. The number of ether oxygens (including phenoxy) is 1. The highest BCUT2D eigenvalue weighted by atomic mass is 35.5. The molecule has 0 bridgehead atoms. The molecule has 2 amide bonds. The Kier molecular flexibility index (Phi) is 10.7. The second-order valence-electron chi connectivity index (χ2n) is 11.6. The third-order valence-electron chi connectivity index (χ3n) is 8.29. The molecule has 2 aliphatic heterocycles. The number of rotatable bonds is 7. The Morgan fingerprint density at radius 1 is 1.19 bits per heavy atom. The summed E-state index contributed by atoms with van der Waals surface area (Å²) in [5, 5.41) is 1.47. The van der Waals surface area contributed by atoms with Gasteiger partial charge in [0, 0.05) is 59.8 Å². The van der Waals surface area contributed by atoms with E-state index in [4.69, 9.17) is 16.3 Å². The first-order valence-electron chi connectivity index (χ1n) is 14.8. The third kappa shape index (κ3) is 6.97. The fourth-order valence-corrected chi connectivity index (χ4v) is 6.22. The van der Waals surface area contributed by atoms with Crippen molar-refractivity contribution in [3.63, 3.8) is 0 Å². The van der Waals surface area contributed by atoms with Crippen molar-refractivity contribution in [1.82, 2.24) is 19.3 Å². The van der Waals surface area contributed by atoms with Gasteiger partial charge in [0.2, 0.25) is 6.41 Å². The van der Waals surface area contributed by atoms with Gasteiger partial charge in [-0.15, -0.1) is 6.58 Å². The average molecular weight is 607 g/mol. The van der Waals surface area contributed by atoms with Gasteiger partial charge in [0.05, 0.1) is 24.7 Å². The molecule has 8 nitrogen and oxygen atoms in total. The number of likely N-dealkylation sites (N-methyl/N-ethyl adjacent to an activating group) is 1. The van der Waals surface area contributed by atoms with Crippen LogP contribution < -0.4 is 4.74 Å². The minimum absolute atomic E-state index is 0.0201. The van der Waals surface area contributed by atoms with Crippen LogP contribution in [-0.2, 0) is 29.1 Å². The number of aldehydes is 1. The number of hydrogen-bond acceptors (Lipinski definition) is 5. The summed E-state index contributed by atoms with van der Waals surface area (Å²) in [7, 11) is 5.75. The molecule has 2 fully saturated rings. The second-order valence-corrected chi connectivity index (χ2v) is 12.0. The summed E-state index contributed by atoms with van der Waals surface area (Å²) in [6.07, 6.45) is 6.41. The van der Waals surface area contributed by atoms with Gasteiger partial charge in [0.25, 0.3) is 5.91 Å². The lowest BCUT2D eigenvalue weighted by molar-refractivity contribution is -0.124. The van der Waals surface area contributed by atoms with E-state index in [1.807, 2.05) is 61.7 Å². The predicted octanol–water partition coefficient (Wildman–Crippen LogP) is 5.47. The Hall–Kier alpha value is -3.62. The van der Waals surface area contributed by atoms with Crippen LogP contribution in [0.4, 0.5) is 0 Å². The van der Waals surface area contributed by atoms with E-state index in [1.54, 1.807) is 18.1 Å². The first-order chi connectivity index (χ1) is 20.7. The molecule has 0 N–H and O–H groups in total. The Morgan fingerprint density at radius 2 is 1.88 bits per heavy atom. The molecule has 0 atom stereocenters. The summed E-state index contributed by atoms with van der Waals surface area (Å²) in [4.78, 5) is 41.3. The van der Waals surface area contributed by atoms with Crippen molar-refractivity contribution in [3.8, 4) is 5.75 Å². The largest absolute Gasteiger partial charge is 0.496 e. The van der Waals surface area contributed by atoms with Gasteiger partial charge in [0.1, 0.15) is 12.0 Å². The van der Waals surface area contributed by atoms with Gasteiger partial charge in [-0.3, -0.25) is 9.59 Å². The van der Waals surface area contributed by atoms with Gasteiger partial charge in [-0.1, -0.05) is 29.8 Å². The number of hydrogen-bond donors (Lipinski definition) is 0. The number of carbonyl (C=O) groups is 3. The molecule has 1 saturated heterocycles. The fraction of sp³-hybridized carbons (Fsp3) is 0.441. The van der Waals surface area contributed by atoms with E-state index in [-0.39, 0.29) is 12.5 Å². The van der Waals surface area contributed by atoms with Crippen LogP contribution in [-0.4, -0.2) is 84.8 Å². The maximum atomic E-state index is 13.9. The number of carbonyl (C=O) groups excluding carboxylic acids is 3. The van der Waals surface area contributed by atoms with Crippen LogP contribution in [0.3, 0.4) is 0 Å². The maximum absolute atomic E-state index is 13.9. The van der Waals surface area contributed by atoms with E-state index in [1.165, 1.54) is 5.56 Å². The van der Waals surface area contributed by atoms with Crippen molar-refractivity contribution in [2.45, 2.75) is 58.2 Å². The van der Waals surface area contributed by atoms with Crippen LogP contribution in [0.2, 0.25) is 5.02 Å². The lowest BCUT2D eigenvalue weighted by Gasteiger charge is -2.40. The topological polar surface area (TPSA) is 75.1 Å². The molecule has 3 aliphatic rings. The number of nitrogens with zero attached hydrogens (tertiary/aromatic N) is 4. The smallest absolute Gasteiger partial charge is 0.256 e. The Balaban J connectivity index is 0.000000297. The van der Waals surface area contributed by atoms with Gasteiger partial charge >= 0.3 is 0 Å². The van der Waals surface area contributed by atoms with E-state index in [9.17, 15) is 14.4 Å². The van der Waals surface area contributed by atoms with E-state index < -0.39 is 0 Å². The summed E-state index contributed by atoms with van der Waals surface area (Å²) in [6.45, 7) is 10.5. The molecular formula is C34H43ClN4O4. The molecule has 3 aromatic rings. The maximum Gasteiger partial charge on any atom is 0.256 e. The number of aryl methyl sites for hydroxylation is 1. The molecule has 0 spiro atoms. The van der Waals surface area contributed by atoms with Crippen LogP contribution in [0, 0.1) is 6.92 Å². The molecule has 1 aliphatic carbocycles. The number of likely N-dealkylation sites (tertiary alicyclic amines) is 1. The van der Waals surface area contributed by atoms with Gasteiger partial charge in [-0.05, 0) is 76.5 Å². The van der Waals surface area contributed by atoms with Gasteiger partial charge in [-0.2, -0.15) is 0 Å². The second kappa shape index (κ2) is 14.2. The monoisotopic (exact) mass is 606 g/mol. The number of aromatic nitrogens is 1. The standard InChI is InChI=1S/C25H25ClN2O3.C6H12N2O.C3H6/c1-15-12-18(26)13-20-22(24(16-6-7-16)28(10-11-29)23(15)20)25(30)27-9-8-19-17(14-27)4-3-5-21(19)31-2;1-7(2)6-3-8(4-6)5-9;1-3-2/h3-5,11-13,16H,6-10,14H2,1-2H3;5-6H,3-4H2,1-2H3;3H,1H2,2H3. The third-order valence-corrected chi connectivity index (χ3v) is 8.50. The van der Waals surface area contributed by atoms with Gasteiger partial charge < -0.3 is 28.8 Å². The number of methoxy groups -OCH3 is 1. The summed E-state index contributed by atoms with van der Waals surface area (Å²) in [5.74, 6) is 1.22. The first kappa shape index (κ1) is 32.3. The molecule has 0 unspecified atom stereocenters. The minimum atomic E-state index is 0.0201. The van der Waals surface area contributed by atoms with Crippen molar-refractivity contribution in [1.29, 1.82) is 0 Å². The average Bonchev–Trinajstić information content (AvgIpc) is 3.74. The highest BCUT2D eigenvalue weighted by Gasteiger charge is 2.37. The number of benzene rings is 2. The molecule has 1 saturated carbocycles. The lowest BCUT2D eigenvalue weighted by atomic mass is 9.97. The summed E-state index contributed by atoms with van der Waals surface area (Å²) in [6, 6.07) is 10.4. The fourth-order valence-electron chi connectivity index (χ4n) is 5.95. The van der Waals surface area contributed by atoms with Crippen molar-refractivity contribution < 1.29 is 19.1 Å². The molecule has 43 heavy (non-hydrogen) atoms. The quantitative estimate of drug-likeness (QED) is 0.263. The molecule has 6 rings (SSSR count). The number of fused-ring (bicyclic) bond motifs is 2. The van der Waals surface area contributed by atoms with Crippen LogP contribution in [0.25, 0.3) is 10.9 Å². The van der Waals surface area contributed by atoms with Crippen molar-refractivity contribution >= 4 is 41.1 Å². The normalized spacial score (nSPS) is 15.9. The molecule has 2 aromatic carbocycles. The Bertz CT molecular complexity index is 1490. The summed E-state index contributed by atoms with van der Waals surface area (Å²) >= 11 is 6.40. The Morgan fingerprint density at radius 3 is 2.47 bits per heavy atom. The summed E-state index contributed by atoms with van der Waals surface area (Å²) in [5.41, 5.74) is 5.95. The van der Waals surface area contributed by atoms with E-state index >= 15 is 0 Å². The first-order valence-corrected chi connectivity index (χ1v) is 15.2. The molecule has 0 radical (unpaired) electrons. The highest BCUT2D eigenvalue weighted by molar-refractivity contribution is 6.31. The Labute approximate surface area is 259 Å². The zero-order chi connectivity index (χ0) is 31.3. The SMILES string of the molecule is C=CC.CN(C)C1CN(C=O)C1.COc1cccc2c1CCN(C(=O)c1c(C3CC3)n(CC=O)c3c(C)cc(Cl)cc13)C2. The summed E-state index contributed by atoms with van der Waals surface area (Å²) < 4.78 is 7.55. The molecular weight excluding hydrogens is 564 g/mol. The number of amides is 2. The van der Waals surface area contributed by atoms with Gasteiger partial charge in [-0.25, -0.2) is 0 Å². The molecule has 1 aromatic heterocycles. The van der Waals surface area contributed by atoms with Crippen molar-refractivity contribution in [2.75, 3.05) is 40.8 Å². The highest BCUT2D eigenvalue weighted by Crippen LogP contribution is 2.46. The van der Waals surface area contributed by atoms with Crippen LogP contribution in [0.5, 0.6) is 5.75 Å². The molecule has 230 valence electrons. The van der Waals surface area contributed by atoms with Crippen molar-refractivity contribution in [3.05, 3.63) is 76.0 Å². The van der Waals surface area contributed by atoms with E-state index in [0.717, 1.165) is 84.1 Å². The van der Waals surface area contributed by atoms with E-state index in [0.29, 0.717) is 30.1 Å². The number of halogens is 1. The molecule has 3 heterocycles.